The zero-order valence-electron chi connectivity index (χ0n) is 7.51. The molecule has 0 atom stereocenters. The van der Waals surface area contributed by atoms with E-state index in [2.05, 4.69) is 23.7 Å². The monoisotopic (exact) mass is 173 g/mol. The summed E-state index contributed by atoms with van der Waals surface area (Å²) in [5.74, 6) is 2.71. The molecule has 0 saturated carbocycles. The van der Waals surface area contributed by atoms with E-state index in [1.807, 2.05) is 0 Å². The molecule has 1 rings (SSSR count). The van der Waals surface area contributed by atoms with E-state index in [0.29, 0.717) is 0 Å². The third-order valence-corrected chi connectivity index (χ3v) is 3.24. The maximum Gasteiger partial charge on any atom is 0.00693 e. The van der Waals surface area contributed by atoms with Crippen molar-refractivity contribution in [3.63, 3.8) is 0 Å². The lowest BCUT2D eigenvalue weighted by atomic mass is 10.2. The number of nitrogens with zero attached hydrogens (tertiary/aromatic N) is 1. The Morgan fingerprint density at radius 1 is 0.909 bits per heavy atom. The van der Waals surface area contributed by atoms with Gasteiger partial charge in [-0.2, -0.15) is 11.8 Å². The highest BCUT2D eigenvalue weighted by atomic mass is 32.2. The van der Waals surface area contributed by atoms with Gasteiger partial charge in [-0.1, -0.05) is 12.8 Å². The second-order valence-corrected chi connectivity index (χ2v) is 4.55. The summed E-state index contributed by atoms with van der Waals surface area (Å²) >= 11 is 2.11. The fraction of sp³-hybridized carbons (Fsp3) is 1.00. The van der Waals surface area contributed by atoms with Gasteiger partial charge < -0.3 is 4.90 Å². The molecule has 0 aromatic carbocycles. The summed E-state index contributed by atoms with van der Waals surface area (Å²) in [5.41, 5.74) is 0. The standard InChI is InChI=1S/C9H19NS/c1-10-6-4-2-3-5-8-11-9-7-10/h2-9H2,1H3. The van der Waals surface area contributed by atoms with Crippen LogP contribution in [0.3, 0.4) is 0 Å². The van der Waals surface area contributed by atoms with Crippen LogP contribution in [0, 0.1) is 0 Å². The Morgan fingerprint density at radius 3 is 2.64 bits per heavy atom. The molecule has 1 aliphatic heterocycles. The molecule has 0 aliphatic carbocycles. The quantitative estimate of drug-likeness (QED) is 0.552. The summed E-state index contributed by atoms with van der Waals surface area (Å²) in [6, 6.07) is 0. The van der Waals surface area contributed by atoms with Crippen LogP contribution in [0.4, 0.5) is 0 Å². The zero-order valence-corrected chi connectivity index (χ0v) is 8.33. The van der Waals surface area contributed by atoms with Crippen molar-refractivity contribution >= 4 is 11.8 Å². The highest BCUT2D eigenvalue weighted by Crippen LogP contribution is 2.10. The van der Waals surface area contributed by atoms with Crippen LogP contribution in [-0.4, -0.2) is 36.5 Å². The Bertz CT molecular complexity index is 85.6. The fourth-order valence-electron chi connectivity index (χ4n) is 1.37. The molecule has 66 valence electrons. The van der Waals surface area contributed by atoms with E-state index in [0.717, 1.165) is 0 Å². The maximum absolute atomic E-state index is 2.46. The van der Waals surface area contributed by atoms with Gasteiger partial charge in [-0.05, 0) is 32.2 Å². The minimum atomic E-state index is 1.28. The number of hydrogen-bond donors (Lipinski definition) is 0. The van der Waals surface area contributed by atoms with Crippen LogP contribution in [0.15, 0.2) is 0 Å². The minimum absolute atomic E-state index is 1.28. The van der Waals surface area contributed by atoms with Gasteiger partial charge in [0.05, 0.1) is 0 Å². The average molecular weight is 173 g/mol. The molecule has 0 amide bonds. The second kappa shape index (κ2) is 5.90. The van der Waals surface area contributed by atoms with Crippen molar-refractivity contribution in [3.8, 4) is 0 Å². The lowest BCUT2D eigenvalue weighted by Crippen LogP contribution is -2.23. The molecule has 1 aliphatic rings. The van der Waals surface area contributed by atoms with Crippen LogP contribution < -0.4 is 0 Å². The van der Waals surface area contributed by atoms with E-state index in [1.54, 1.807) is 0 Å². The number of rotatable bonds is 0. The summed E-state index contributed by atoms with van der Waals surface area (Å²) in [5, 5.41) is 0. The van der Waals surface area contributed by atoms with Crippen molar-refractivity contribution in [3.05, 3.63) is 0 Å². The molecule has 0 spiro atoms. The lowest BCUT2D eigenvalue weighted by Gasteiger charge is -2.17. The van der Waals surface area contributed by atoms with Gasteiger partial charge in [0.2, 0.25) is 0 Å². The Morgan fingerprint density at radius 2 is 1.73 bits per heavy atom. The SMILES string of the molecule is CN1CCCCCCSCC1. The van der Waals surface area contributed by atoms with Crippen LogP contribution >= 0.6 is 11.8 Å². The summed E-state index contributed by atoms with van der Waals surface area (Å²) in [6.45, 7) is 2.59. The van der Waals surface area contributed by atoms with Crippen molar-refractivity contribution in [1.29, 1.82) is 0 Å². The van der Waals surface area contributed by atoms with Crippen molar-refractivity contribution in [2.45, 2.75) is 25.7 Å². The van der Waals surface area contributed by atoms with E-state index in [-0.39, 0.29) is 0 Å². The molecule has 0 aromatic rings. The highest BCUT2D eigenvalue weighted by molar-refractivity contribution is 7.99. The summed E-state index contributed by atoms with van der Waals surface area (Å²) < 4.78 is 0. The van der Waals surface area contributed by atoms with Crippen molar-refractivity contribution < 1.29 is 0 Å². The molecule has 1 fully saturated rings. The van der Waals surface area contributed by atoms with E-state index >= 15 is 0 Å². The molecule has 0 bridgehead atoms. The van der Waals surface area contributed by atoms with Crippen molar-refractivity contribution in [2.75, 3.05) is 31.6 Å². The summed E-state index contributed by atoms with van der Waals surface area (Å²) in [6.07, 6.45) is 5.72. The van der Waals surface area contributed by atoms with E-state index in [4.69, 9.17) is 0 Å². The molecule has 1 saturated heterocycles. The molecule has 0 radical (unpaired) electrons. The third-order valence-electron chi connectivity index (χ3n) is 2.20. The predicted octanol–water partition coefficient (Wildman–Crippen LogP) is 2.23. The van der Waals surface area contributed by atoms with Crippen molar-refractivity contribution in [1.82, 2.24) is 4.90 Å². The van der Waals surface area contributed by atoms with Gasteiger partial charge in [0.15, 0.2) is 0 Å². The number of hydrogen-bond acceptors (Lipinski definition) is 2. The third kappa shape index (κ3) is 4.70. The van der Waals surface area contributed by atoms with Gasteiger partial charge >= 0.3 is 0 Å². The van der Waals surface area contributed by atoms with Crippen LogP contribution in [0.2, 0.25) is 0 Å². The molecule has 0 N–H and O–H groups in total. The van der Waals surface area contributed by atoms with Crippen LogP contribution in [0.25, 0.3) is 0 Å². The first-order chi connectivity index (χ1) is 5.39. The van der Waals surface area contributed by atoms with Gasteiger partial charge in [0.25, 0.3) is 0 Å². The Kier molecular flexibility index (Phi) is 5.04. The Hall–Kier alpha value is 0.310. The molecule has 11 heavy (non-hydrogen) atoms. The average Bonchev–Trinajstić information content (AvgIpc) is 2.03. The van der Waals surface area contributed by atoms with Crippen LogP contribution in [0.1, 0.15) is 25.7 Å². The molecule has 0 unspecified atom stereocenters. The first kappa shape index (κ1) is 9.40. The van der Waals surface area contributed by atoms with E-state index in [1.165, 1.54) is 50.3 Å². The molecule has 1 heterocycles. The first-order valence-corrected chi connectivity index (χ1v) is 5.81. The van der Waals surface area contributed by atoms with Gasteiger partial charge in [-0.15, -0.1) is 0 Å². The normalized spacial score (nSPS) is 24.8. The topological polar surface area (TPSA) is 3.24 Å². The predicted molar refractivity (Wildman–Crippen MR) is 53.3 cm³/mol. The van der Waals surface area contributed by atoms with Crippen molar-refractivity contribution in [2.24, 2.45) is 0 Å². The van der Waals surface area contributed by atoms with Crippen LogP contribution in [0.5, 0.6) is 0 Å². The fourth-order valence-corrected chi connectivity index (χ4v) is 2.43. The first-order valence-electron chi connectivity index (χ1n) is 4.66. The molecule has 1 nitrogen and oxygen atoms in total. The summed E-state index contributed by atoms with van der Waals surface area (Å²) in [7, 11) is 2.24. The Labute approximate surface area is 74.5 Å². The second-order valence-electron chi connectivity index (χ2n) is 3.33. The van der Waals surface area contributed by atoms with Gasteiger partial charge in [0.1, 0.15) is 0 Å². The highest BCUT2D eigenvalue weighted by Gasteiger charge is 2.00. The molecular formula is C9H19NS. The van der Waals surface area contributed by atoms with Gasteiger partial charge in [-0.3, -0.25) is 0 Å². The van der Waals surface area contributed by atoms with Gasteiger partial charge in [0, 0.05) is 12.3 Å². The Balaban J connectivity index is 2.12. The largest absolute Gasteiger partial charge is 0.306 e. The minimum Gasteiger partial charge on any atom is -0.306 e. The smallest absolute Gasteiger partial charge is 0.00693 e. The maximum atomic E-state index is 2.46. The molecule has 2 heteroatoms. The molecular weight excluding hydrogens is 154 g/mol. The number of thioether (sulfide) groups is 1. The zero-order chi connectivity index (χ0) is 7.94. The lowest BCUT2D eigenvalue weighted by molar-refractivity contribution is 0.343. The van der Waals surface area contributed by atoms with E-state index < -0.39 is 0 Å². The van der Waals surface area contributed by atoms with Crippen LogP contribution in [-0.2, 0) is 0 Å². The van der Waals surface area contributed by atoms with E-state index in [9.17, 15) is 0 Å². The molecule has 0 aromatic heterocycles. The summed E-state index contributed by atoms with van der Waals surface area (Å²) in [4.78, 5) is 2.46. The van der Waals surface area contributed by atoms with Gasteiger partial charge in [-0.25, -0.2) is 0 Å².